The monoisotopic (exact) mass is 621 g/mol. The van der Waals surface area contributed by atoms with Gasteiger partial charge in [0.1, 0.15) is 16.8 Å². The molecule has 0 amide bonds. The Morgan fingerprint density at radius 1 is 1.18 bits per heavy atom. The molecule has 2 aliphatic carbocycles. The van der Waals surface area contributed by atoms with Gasteiger partial charge in [0.15, 0.2) is 22.9 Å². The molecule has 230 valence electrons. The van der Waals surface area contributed by atoms with Gasteiger partial charge in [-0.1, -0.05) is 11.2 Å². The van der Waals surface area contributed by atoms with Crippen LogP contribution in [0, 0.1) is 11.3 Å². The molecule has 3 unspecified atom stereocenters. The summed E-state index contributed by atoms with van der Waals surface area (Å²) < 4.78 is 8.31. The maximum Gasteiger partial charge on any atom is 0.184 e. The van der Waals surface area contributed by atoms with Crippen molar-refractivity contribution >= 4 is 27.4 Å². The number of likely N-dealkylation sites (tertiary alicyclic amines) is 1. The smallest absolute Gasteiger partial charge is 0.184 e. The number of hydrogen-bond donors (Lipinski definition) is 2. The molecule has 0 bridgehead atoms. The highest BCUT2D eigenvalue weighted by Crippen LogP contribution is 2.55. The number of thiophene rings is 1. The summed E-state index contributed by atoms with van der Waals surface area (Å²) in [5, 5.41) is 30.9. The van der Waals surface area contributed by atoms with E-state index in [1.165, 1.54) is 16.2 Å². The number of aliphatic hydroxyl groups is 1. The molecule has 3 aliphatic rings. The standard InChI is InChI=1S/C33H35N9O2S/c1-18(24-10-6-14-41(24)2)42-32-22(16-36-42)27(23-9-3-7-19(17-43)37-23)38-31(39-32)28-20-8-4-12-33(29(20)44-40-28)13-5-11-25-26(33)21(15-34)30(35)45-25/h3,7,9,16,18,24,43H,4-6,8,10-14,17,35H2,1-2H3. The van der Waals surface area contributed by atoms with Gasteiger partial charge in [0, 0.05) is 16.5 Å². The third kappa shape index (κ3) is 4.25. The Kier molecular flexibility index (Phi) is 6.74. The number of nitriles is 1. The fourth-order valence-electron chi connectivity index (χ4n) is 8.15. The molecular formula is C33H35N9O2S. The van der Waals surface area contributed by atoms with E-state index in [1.54, 1.807) is 6.07 Å². The topological polar surface area (TPSA) is 156 Å². The second kappa shape index (κ2) is 10.7. The normalized spacial score (nSPS) is 22.0. The lowest BCUT2D eigenvalue weighted by molar-refractivity contribution is 0.232. The fourth-order valence-corrected chi connectivity index (χ4v) is 9.31. The van der Waals surface area contributed by atoms with E-state index in [-0.39, 0.29) is 12.6 Å². The lowest BCUT2D eigenvalue weighted by Gasteiger charge is -2.39. The minimum absolute atomic E-state index is 0.0888. The third-order valence-corrected chi connectivity index (χ3v) is 11.3. The highest BCUT2D eigenvalue weighted by Gasteiger charge is 2.49. The van der Waals surface area contributed by atoms with Crippen LogP contribution in [0.15, 0.2) is 28.9 Å². The Hall–Kier alpha value is -4.18. The Bertz CT molecular complexity index is 1980. The number of nitrogens with two attached hydrogens (primary N) is 1. The van der Waals surface area contributed by atoms with Crippen LogP contribution in [0.2, 0.25) is 0 Å². The summed E-state index contributed by atoms with van der Waals surface area (Å²) >= 11 is 1.54. The van der Waals surface area contributed by atoms with E-state index in [0.717, 1.165) is 85.8 Å². The molecular weight excluding hydrogens is 586 g/mol. The molecule has 0 aromatic carbocycles. The van der Waals surface area contributed by atoms with Gasteiger partial charge in [0.25, 0.3) is 0 Å². The SMILES string of the molecule is CC(C1CCCN1C)n1ncc2c(-c3cccc(CO)n3)nc(-c3noc4c3CCCC43CCCc4sc(N)c(C#N)c43)nc21. The Balaban J connectivity index is 1.32. The molecule has 1 aliphatic heterocycles. The van der Waals surface area contributed by atoms with Crippen molar-refractivity contribution in [2.45, 2.75) is 82.4 Å². The van der Waals surface area contributed by atoms with Crippen molar-refractivity contribution in [1.82, 2.24) is 34.8 Å². The van der Waals surface area contributed by atoms with Crippen molar-refractivity contribution in [3.63, 3.8) is 0 Å². The van der Waals surface area contributed by atoms with Crippen molar-refractivity contribution in [1.29, 1.82) is 5.26 Å². The summed E-state index contributed by atoms with van der Waals surface area (Å²) in [6.45, 7) is 3.10. The van der Waals surface area contributed by atoms with Gasteiger partial charge in [-0.15, -0.1) is 11.3 Å². The summed E-state index contributed by atoms with van der Waals surface area (Å²) in [6.07, 6.45) is 9.49. The highest BCUT2D eigenvalue weighted by atomic mass is 32.1. The van der Waals surface area contributed by atoms with Gasteiger partial charge in [-0.3, -0.25) is 0 Å². The van der Waals surface area contributed by atoms with Crippen LogP contribution in [0.4, 0.5) is 5.00 Å². The largest absolute Gasteiger partial charge is 0.390 e. The molecule has 45 heavy (non-hydrogen) atoms. The first kappa shape index (κ1) is 28.3. The number of nitrogens with zero attached hydrogens (tertiary/aromatic N) is 8. The summed E-state index contributed by atoms with van der Waals surface area (Å²) in [7, 11) is 2.17. The maximum absolute atomic E-state index is 10.1. The van der Waals surface area contributed by atoms with Crippen LogP contribution in [0.3, 0.4) is 0 Å². The number of aliphatic hydroxyl groups excluding tert-OH is 1. The lowest BCUT2D eigenvalue weighted by atomic mass is 9.63. The van der Waals surface area contributed by atoms with Gasteiger partial charge >= 0.3 is 0 Å². The number of aryl methyl sites for hydroxylation is 1. The second-order valence-corrected chi connectivity index (χ2v) is 13.8. The van der Waals surface area contributed by atoms with E-state index in [2.05, 4.69) is 30.1 Å². The number of hydrogen-bond acceptors (Lipinski definition) is 11. The average Bonchev–Trinajstić information content (AvgIpc) is 3.85. The van der Waals surface area contributed by atoms with Crippen molar-refractivity contribution in [2.75, 3.05) is 19.3 Å². The van der Waals surface area contributed by atoms with Gasteiger partial charge in [0.05, 0.1) is 46.6 Å². The maximum atomic E-state index is 10.1. The van der Waals surface area contributed by atoms with Gasteiger partial charge in [0.2, 0.25) is 0 Å². The number of aromatic nitrogens is 6. The predicted molar refractivity (Wildman–Crippen MR) is 170 cm³/mol. The fraction of sp³-hybridized carbons (Fsp3) is 0.455. The summed E-state index contributed by atoms with van der Waals surface area (Å²) in [4.78, 5) is 18.5. The molecule has 5 aromatic rings. The number of rotatable bonds is 5. The van der Waals surface area contributed by atoms with Gasteiger partial charge in [-0.2, -0.15) is 10.4 Å². The van der Waals surface area contributed by atoms with Crippen LogP contribution >= 0.6 is 11.3 Å². The van der Waals surface area contributed by atoms with Crippen LogP contribution in [-0.2, 0) is 24.9 Å². The average molecular weight is 622 g/mol. The molecule has 1 saturated heterocycles. The van der Waals surface area contributed by atoms with Crippen LogP contribution in [0.1, 0.15) is 84.5 Å². The van der Waals surface area contributed by atoms with Crippen molar-refractivity contribution in [3.8, 4) is 29.0 Å². The zero-order chi connectivity index (χ0) is 30.9. The number of fused-ring (bicyclic) bond motifs is 5. The van der Waals surface area contributed by atoms with Gasteiger partial charge < -0.3 is 20.3 Å². The zero-order valence-corrected chi connectivity index (χ0v) is 26.3. The lowest BCUT2D eigenvalue weighted by Crippen LogP contribution is -2.35. The first-order valence-corrected chi connectivity index (χ1v) is 16.6. The van der Waals surface area contributed by atoms with Crippen LogP contribution in [0.25, 0.3) is 33.9 Å². The Morgan fingerprint density at radius 2 is 2.02 bits per heavy atom. The molecule has 1 fully saturated rings. The number of nitrogen functional groups attached to an aromatic ring is 1. The number of anilines is 1. The third-order valence-electron chi connectivity index (χ3n) is 10.3. The molecule has 11 nitrogen and oxygen atoms in total. The summed E-state index contributed by atoms with van der Waals surface area (Å²) in [5.74, 6) is 1.28. The molecule has 3 N–H and O–H groups in total. The Morgan fingerprint density at radius 3 is 2.80 bits per heavy atom. The molecule has 3 atom stereocenters. The second-order valence-electron chi connectivity index (χ2n) is 12.7. The Labute approximate surface area is 264 Å². The number of likely N-dealkylation sites (N-methyl/N-ethyl adjacent to an activating group) is 1. The molecule has 0 radical (unpaired) electrons. The van der Waals surface area contributed by atoms with E-state index in [1.807, 2.05) is 23.0 Å². The molecule has 8 rings (SSSR count). The van der Waals surface area contributed by atoms with E-state index in [9.17, 15) is 10.4 Å². The van der Waals surface area contributed by atoms with E-state index >= 15 is 0 Å². The van der Waals surface area contributed by atoms with E-state index in [4.69, 9.17) is 30.3 Å². The zero-order valence-electron chi connectivity index (χ0n) is 25.5. The van der Waals surface area contributed by atoms with Crippen molar-refractivity contribution in [3.05, 3.63) is 57.4 Å². The number of pyridine rings is 1. The van der Waals surface area contributed by atoms with Crippen LogP contribution in [0.5, 0.6) is 0 Å². The summed E-state index contributed by atoms with van der Waals surface area (Å²) in [6, 6.07) is 8.41. The minimum atomic E-state index is -0.432. The minimum Gasteiger partial charge on any atom is -0.390 e. The van der Waals surface area contributed by atoms with Crippen molar-refractivity contribution in [2.24, 2.45) is 0 Å². The van der Waals surface area contributed by atoms with Crippen LogP contribution in [-0.4, -0.2) is 59.5 Å². The van der Waals surface area contributed by atoms with E-state index in [0.29, 0.717) is 45.2 Å². The van der Waals surface area contributed by atoms with E-state index < -0.39 is 5.41 Å². The molecule has 12 heteroatoms. The van der Waals surface area contributed by atoms with Gasteiger partial charge in [-0.05, 0) is 89.6 Å². The highest BCUT2D eigenvalue weighted by molar-refractivity contribution is 7.16. The predicted octanol–water partition coefficient (Wildman–Crippen LogP) is 5.16. The quantitative estimate of drug-likeness (QED) is 0.269. The first-order valence-electron chi connectivity index (χ1n) is 15.8. The van der Waals surface area contributed by atoms with Crippen molar-refractivity contribution < 1.29 is 9.63 Å². The molecule has 6 heterocycles. The molecule has 5 aromatic heterocycles. The van der Waals surface area contributed by atoms with Gasteiger partial charge in [-0.25, -0.2) is 19.6 Å². The summed E-state index contributed by atoms with van der Waals surface area (Å²) in [5.41, 5.74) is 11.7. The van der Waals surface area contributed by atoms with Crippen LogP contribution < -0.4 is 5.73 Å². The first-order chi connectivity index (χ1) is 21.9. The molecule has 0 saturated carbocycles. The molecule has 1 spiro atoms.